The third kappa shape index (κ3) is 1.02. The summed E-state index contributed by atoms with van der Waals surface area (Å²) in [7, 11) is 0. The van der Waals surface area contributed by atoms with Crippen LogP contribution in [-0.2, 0) is 0 Å². The Bertz CT molecular complexity index is 318. The normalized spacial score (nSPS) is 32.5. The van der Waals surface area contributed by atoms with Crippen LogP contribution in [0.2, 0.25) is 0 Å². The van der Waals surface area contributed by atoms with E-state index in [0.717, 1.165) is 6.42 Å². The Hall–Kier alpha value is -1.22. The first-order valence-electron chi connectivity index (χ1n) is 4.29. The average Bonchev–Trinajstić information content (AvgIpc) is 2.81. The molecule has 1 fully saturated rings. The van der Waals surface area contributed by atoms with Crippen LogP contribution in [0.4, 0.5) is 0 Å². The first-order chi connectivity index (χ1) is 5.76. The Morgan fingerprint density at radius 1 is 1.42 bits per heavy atom. The molecule has 1 aliphatic rings. The molecule has 0 saturated heterocycles. The molecule has 1 aliphatic carbocycles. The zero-order chi connectivity index (χ0) is 8.60. The lowest BCUT2D eigenvalue weighted by Crippen LogP contribution is -1.91. The summed E-state index contributed by atoms with van der Waals surface area (Å²) < 4.78 is 0. The van der Waals surface area contributed by atoms with E-state index in [0.29, 0.717) is 5.92 Å². The van der Waals surface area contributed by atoms with Crippen LogP contribution in [-0.4, -0.2) is 0 Å². The minimum Gasteiger partial charge on any atom is -0.120 e. The lowest BCUT2D eigenvalue weighted by atomic mass is 10.0. The molecule has 60 valence electrons. The maximum Gasteiger partial charge on any atom is 0.0359 e. The summed E-state index contributed by atoms with van der Waals surface area (Å²) in [6.45, 7) is 2.16. The molecule has 0 nitrogen and oxygen atoms in total. The van der Waals surface area contributed by atoms with Gasteiger partial charge < -0.3 is 0 Å². The summed E-state index contributed by atoms with van der Waals surface area (Å²) in [6, 6.07) is 10.5. The second-order valence-corrected chi connectivity index (χ2v) is 3.73. The Kier molecular flexibility index (Phi) is 1.48. The minimum atomic E-state index is 0.140. The summed E-state index contributed by atoms with van der Waals surface area (Å²) in [6.07, 6.45) is 6.59. The maximum atomic E-state index is 5.45. The van der Waals surface area contributed by atoms with Crippen molar-refractivity contribution in [1.82, 2.24) is 0 Å². The number of hydrogen-bond acceptors (Lipinski definition) is 0. The second-order valence-electron chi connectivity index (χ2n) is 3.73. The van der Waals surface area contributed by atoms with Crippen molar-refractivity contribution in [3.8, 4) is 12.3 Å². The van der Waals surface area contributed by atoms with Crippen LogP contribution in [0.15, 0.2) is 30.3 Å². The van der Waals surface area contributed by atoms with Gasteiger partial charge in [0.05, 0.1) is 0 Å². The summed E-state index contributed by atoms with van der Waals surface area (Å²) in [4.78, 5) is 0. The van der Waals surface area contributed by atoms with Gasteiger partial charge in [0.15, 0.2) is 0 Å². The van der Waals surface area contributed by atoms with E-state index in [9.17, 15) is 0 Å². The number of hydrogen-bond donors (Lipinski definition) is 0. The van der Waals surface area contributed by atoms with Gasteiger partial charge in [0.25, 0.3) is 0 Å². The highest BCUT2D eigenvalue weighted by Crippen LogP contribution is 2.58. The smallest absolute Gasteiger partial charge is 0.0359 e. The standard InChI is InChI=1S/C12H12/c1-3-12(2)9-11(12)10-7-5-4-6-8-10/h1,4-8,11H,9H2,2H3. The summed E-state index contributed by atoms with van der Waals surface area (Å²) in [5, 5.41) is 0. The van der Waals surface area contributed by atoms with Crippen molar-refractivity contribution in [2.45, 2.75) is 19.3 Å². The van der Waals surface area contributed by atoms with Crippen LogP contribution in [0.1, 0.15) is 24.8 Å². The lowest BCUT2D eigenvalue weighted by Gasteiger charge is -2.01. The molecular weight excluding hydrogens is 144 g/mol. The van der Waals surface area contributed by atoms with Gasteiger partial charge in [0.1, 0.15) is 0 Å². The van der Waals surface area contributed by atoms with Gasteiger partial charge in [-0.25, -0.2) is 0 Å². The molecule has 0 amide bonds. The SMILES string of the molecule is C#CC1(C)CC1c1ccccc1. The number of rotatable bonds is 1. The van der Waals surface area contributed by atoms with Gasteiger partial charge in [0.2, 0.25) is 0 Å². The molecule has 0 aliphatic heterocycles. The molecule has 0 heteroatoms. The summed E-state index contributed by atoms with van der Waals surface area (Å²) in [5.41, 5.74) is 1.53. The Morgan fingerprint density at radius 2 is 2.08 bits per heavy atom. The Labute approximate surface area is 73.6 Å². The average molecular weight is 156 g/mol. The lowest BCUT2D eigenvalue weighted by molar-refractivity contribution is 0.741. The molecule has 0 heterocycles. The fraction of sp³-hybridized carbons (Fsp3) is 0.333. The van der Waals surface area contributed by atoms with Gasteiger partial charge >= 0.3 is 0 Å². The highest BCUT2D eigenvalue weighted by Gasteiger charge is 2.49. The van der Waals surface area contributed by atoms with E-state index in [1.165, 1.54) is 5.56 Å². The molecule has 0 N–H and O–H groups in total. The third-order valence-electron chi connectivity index (χ3n) is 2.77. The zero-order valence-electron chi connectivity index (χ0n) is 7.25. The monoisotopic (exact) mass is 156 g/mol. The van der Waals surface area contributed by atoms with Gasteiger partial charge in [0, 0.05) is 11.3 Å². The van der Waals surface area contributed by atoms with Crippen LogP contribution in [0.25, 0.3) is 0 Å². The molecule has 2 unspecified atom stereocenters. The Morgan fingerprint density at radius 3 is 2.58 bits per heavy atom. The molecule has 1 aromatic carbocycles. The van der Waals surface area contributed by atoms with Crippen molar-refractivity contribution in [2.24, 2.45) is 5.41 Å². The fourth-order valence-electron chi connectivity index (χ4n) is 1.70. The van der Waals surface area contributed by atoms with Gasteiger partial charge in [-0.15, -0.1) is 6.42 Å². The van der Waals surface area contributed by atoms with E-state index in [-0.39, 0.29) is 5.41 Å². The van der Waals surface area contributed by atoms with Crippen molar-refractivity contribution in [1.29, 1.82) is 0 Å². The van der Waals surface area contributed by atoms with Crippen molar-refractivity contribution in [2.75, 3.05) is 0 Å². The summed E-state index contributed by atoms with van der Waals surface area (Å²) >= 11 is 0. The molecule has 1 saturated carbocycles. The largest absolute Gasteiger partial charge is 0.120 e. The summed E-state index contributed by atoms with van der Waals surface area (Å²) in [5.74, 6) is 3.46. The molecule has 12 heavy (non-hydrogen) atoms. The third-order valence-corrected chi connectivity index (χ3v) is 2.77. The molecule has 2 rings (SSSR count). The highest BCUT2D eigenvalue weighted by molar-refractivity contribution is 5.34. The first-order valence-corrected chi connectivity index (χ1v) is 4.29. The maximum absolute atomic E-state index is 5.45. The molecule has 0 radical (unpaired) electrons. The molecule has 0 spiro atoms. The van der Waals surface area contributed by atoms with Gasteiger partial charge in [-0.1, -0.05) is 36.3 Å². The number of benzene rings is 1. The van der Waals surface area contributed by atoms with E-state index >= 15 is 0 Å². The highest BCUT2D eigenvalue weighted by atomic mass is 14.5. The Balaban J connectivity index is 2.23. The van der Waals surface area contributed by atoms with Crippen molar-refractivity contribution >= 4 is 0 Å². The first kappa shape index (κ1) is 7.43. The van der Waals surface area contributed by atoms with Gasteiger partial charge in [-0.3, -0.25) is 0 Å². The van der Waals surface area contributed by atoms with Crippen LogP contribution >= 0.6 is 0 Å². The van der Waals surface area contributed by atoms with E-state index in [2.05, 4.69) is 37.1 Å². The molecule has 1 aromatic rings. The second kappa shape index (κ2) is 2.38. The van der Waals surface area contributed by atoms with E-state index in [1.807, 2.05) is 6.07 Å². The van der Waals surface area contributed by atoms with Crippen LogP contribution < -0.4 is 0 Å². The molecule has 2 atom stereocenters. The predicted molar refractivity (Wildman–Crippen MR) is 50.7 cm³/mol. The topological polar surface area (TPSA) is 0 Å². The van der Waals surface area contributed by atoms with Crippen LogP contribution in [0.5, 0.6) is 0 Å². The van der Waals surface area contributed by atoms with Crippen molar-refractivity contribution in [3.63, 3.8) is 0 Å². The molecule has 0 bridgehead atoms. The van der Waals surface area contributed by atoms with E-state index in [1.54, 1.807) is 0 Å². The van der Waals surface area contributed by atoms with Crippen molar-refractivity contribution < 1.29 is 0 Å². The van der Waals surface area contributed by atoms with E-state index < -0.39 is 0 Å². The van der Waals surface area contributed by atoms with Gasteiger partial charge in [-0.2, -0.15) is 0 Å². The van der Waals surface area contributed by atoms with Gasteiger partial charge in [-0.05, 0) is 18.9 Å². The molecular formula is C12H12. The molecule has 0 aromatic heterocycles. The fourth-order valence-corrected chi connectivity index (χ4v) is 1.70. The number of terminal acetylenes is 1. The quantitative estimate of drug-likeness (QED) is 0.548. The van der Waals surface area contributed by atoms with Crippen LogP contribution in [0, 0.1) is 17.8 Å². The zero-order valence-corrected chi connectivity index (χ0v) is 7.25. The minimum absolute atomic E-state index is 0.140. The van der Waals surface area contributed by atoms with E-state index in [4.69, 9.17) is 6.42 Å². The van der Waals surface area contributed by atoms with Crippen molar-refractivity contribution in [3.05, 3.63) is 35.9 Å². The predicted octanol–water partition coefficient (Wildman–Crippen LogP) is 2.81. The van der Waals surface area contributed by atoms with Crippen LogP contribution in [0.3, 0.4) is 0 Å².